The van der Waals surface area contributed by atoms with Crippen molar-refractivity contribution in [2.24, 2.45) is 11.8 Å². The Morgan fingerprint density at radius 1 is 0.513 bits per heavy atom. The van der Waals surface area contributed by atoms with Crippen molar-refractivity contribution in [2.45, 2.75) is 144 Å². The van der Waals surface area contributed by atoms with Gasteiger partial charge in [0, 0.05) is 27.5 Å². The van der Waals surface area contributed by atoms with Crippen molar-refractivity contribution in [3.05, 3.63) is 29.7 Å². The summed E-state index contributed by atoms with van der Waals surface area (Å²) in [6.45, 7) is 4.42. The number of halogens is 2. The first-order chi connectivity index (χ1) is 15.7. The Kier molecular flexibility index (Phi) is 50.6. The molecular weight excluding hydrogens is 792 g/mol. The third kappa shape index (κ3) is 28.9. The van der Waals surface area contributed by atoms with E-state index in [2.05, 4.69) is 50.1 Å². The van der Waals surface area contributed by atoms with Gasteiger partial charge in [-0.3, -0.25) is 0 Å². The van der Waals surface area contributed by atoms with Crippen molar-refractivity contribution in [1.82, 2.24) is 4.90 Å². The first-order valence-corrected chi connectivity index (χ1v) is 16.8. The molecule has 4 rings (SSSR count). The molecule has 0 radical (unpaired) electrons. The molecular formula is C33H69Fe2I2NO. The molecule has 4 aliphatic rings. The predicted molar refractivity (Wildman–Crippen MR) is 191 cm³/mol. The molecule has 1 N–H and O–H groups in total. The van der Waals surface area contributed by atoms with Crippen LogP contribution in [0.25, 0.3) is 0 Å². The molecule has 0 amide bonds. The summed E-state index contributed by atoms with van der Waals surface area (Å²) < 4.78 is 2.03. The van der Waals surface area contributed by atoms with E-state index in [-0.39, 0.29) is 71.3 Å². The summed E-state index contributed by atoms with van der Waals surface area (Å²) in [7, 11) is 0. The van der Waals surface area contributed by atoms with E-state index in [1.54, 1.807) is 0 Å². The van der Waals surface area contributed by atoms with E-state index in [0.29, 0.717) is 6.61 Å². The summed E-state index contributed by atoms with van der Waals surface area (Å²) in [5, 5.41) is 8.84. The topological polar surface area (TPSA) is 23.5 Å². The van der Waals surface area contributed by atoms with Crippen LogP contribution in [0.4, 0.5) is 0 Å². The average molecular weight is 861 g/mol. The molecule has 4 fully saturated rings. The summed E-state index contributed by atoms with van der Waals surface area (Å²) in [4.78, 5) is 2.80. The van der Waals surface area contributed by atoms with Gasteiger partial charge < -0.3 is 39.7 Å². The zero-order valence-corrected chi connectivity index (χ0v) is 32.2. The van der Waals surface area contributed by atoms with Gasteiger partial charge in [0.15, 0.2) is 0 Å². The van der Waals surface area contributed by atoms with Crippen LogP contribution in [0, 0.1) is 41.5 Å². The van der Waals surface area contributed by atoms with Gasteiger partial charge in [-0.15, -0.1) is 0 Å². The zero-order valence-electron chi connectivity index (χ0n) is 25.6. The average Bonchev–Trinajstić information content (AvgIpc) is 3.59. The van der Waals surface area contributed by atoms with Crippen LogP contribution in [0.15, 0.2) is 0 Å². The number of nitrogens with zero attached hydrogens (tertiary/aromatic N) is 1. The van der Waals surface area contributed by atoms with E-state index in [1.165, 1.54) is 142 Å². The number of aliphatic hydroxyl groups excluding tert-OH is 1. The number of aliphatic hydroxyl groups is 1. The fourth-order valence-electron chi connectivity index (χ4n) is 5.93. The molecule has 0 aromatic heterocycles. The van der Waals surface area contributed by atoms with Crippen molar-refractivity contribution < 1.29 is 39.2 Å². The standard InChI is InChI=1S/C18H35NO.2C5H9I.CH4.4CH3.2Fe/c20-14-8-2-1-7-13-19(15-17-9-3-4-10-17)16-18-11-5-6-12-18;2*6-5-3-1-2-4-5;;;;;;;/h17-18,20H,1-16H2;2*5H,1-4H2;1H4;4*1H3;;/q;;;;4*-1;2*+2. The largest absolute Gasteiger partial charge is 2.00 e. The Balaban J connectivity index is -0.000000121. The molecule has 0 saturated heterocycles. The minimum Gasteiger partial charge on any atom is -0.396 e. The summed E-state index contributed by atoms with van der Waals surface area (Å²) in [5.41, 5.74) is 0. The monoisotopic (exact) mass is 861 g/mol. The first kappa shape index (κ1) is 53.9. The van der Waals surface area contributed by atoms with Gasteiger partial charge in [0.1, 0.15) is 0 Å². The molecule has 39 heavy (non-hydrogen) atoms. The fraction of sp³-hybridized carbons (Fsp3) is 0.879. The molecule has 6 heteroatoms. The first-order valence-electron chi connectivity index (χ1n) is 14.3. The predicted octanol–water partition coefficient (Wildman–Crippen LogP) is 11.4. The smallest absolute Gasteiger partial charge is 0.396 e. The Hall–Kier alpha value is 2.42. The van der Waals surface area contributed by atoms with Crippen LogP contribution in [0.2, 0.25) is 0 Å². The molecule has 0 spiro atoms. The summed E-state index contributed by atoms with van der Waals surface area (Å²) in [5.74, 6) is 1.99. The van der Waals surface area contributed by atoms with E-state index in [4.69, 9.17) is 5.11 Å². The second-order valence-electron chi connectivity index (χ2n) is 11.0. The van der Waals surface area contributed by atoms with Crippen LogP contribution in [-0.4, -0.2) is 44.1 Å². The number of hydrogen-bond acceptors (Lipinski definition) is 2. The maximum absolute atomic E-state index is 8.84. The second-order valence-corrected chi connectivity index (χ2v) is 14.5. The molecule has 0 bridgehead atoms. The summed E-state index contributed by atoms with van der Waals surface area (Å²) >= 11 is 5.06. The van der Waals surface area contributed by atoms with Gasteiger partial charge in [0.05, 0.1) is 0 Å². The van der Waals surface area contributed by atoms with Crippen molar-refractivity contribution in [1.29, 1.82) is 0 Å². The van der Waals surface area contributed by atoms with Gasteiger partial charge in [0.2, 0.25) is 0 Å². The minimum atomic E-state index is 0. The molecule has 4 saturated carbocycles. The molecule has 4 aliphatic carbocycles. The van der Waals surface area contributed by atoms with Crippen LogP contribution in [-0.2, 0) is 34.1 Å². The fourth-order valence-corrected chi connectivity index (χ4v) is 7.69. The number of alkyl halides is 2. The SMILES string of the molecule is C.IC1CCCC1.IC1CCCC1.OCCCCCCN(CC1CCCC1)CC1CCCC1.[CH3-].[CH3-].[CH3-].[CH3-].[Fe+2].[Fe+2]. The van der Waals surface area contributed by atoms with E-state index in [0.717, 1.165) is 26.1 Å². The van der Waals surface area contributed by atoms with Crippen LogP contribution in [0.1, 0.15) is 136 Å². The normalized spacial score (nSPS) is 18.8. The second kappa shape index (κ2) is 36.6. The van der Waals surface area contributed by atoms with Crippen LogP contribution in [0.3, 0.4) is 0 Å². The minimum absolute atomic E-state index is 0. The van der Waals surface area contributed by atoms with Gasteiger partial charge >= 0.3 is 34.1 Å². The third-order valence-corrected chi connectivity index (χ3v) is 10.4. The van der Waals surface area contributed by atoms with Crippen molar-refractivity contribution in [2.75, 3.05) is 26.2 Å². The van der Waals surface area contributed by atoms with E-state index in [9.17, 15) is 0 Å². The van der Waals surface area contributed by atoms with Crippen LogP contribution in [0.5, 0.6) is 0 Å². The van der Waals surface area contributed by atoms with E-state index < -0.39 is 0 Å². The van der Waals surface area contributed by atoms with Crippen molar-refractivity contribution >= 4 is 45.2 Å². The summed E-state index contributed by atoms with van der Waals surface area (Å²) in [6, 6.07) is 0. The van der Waals surface area contributed by atoms with Crippen LogP contribution < -0.4 is 0 Å². The summed E-state index contributed by atoms with van der Waals surface area (Å²) in [6.07, 6.45) is 28.4. The molecule has 2 nitrogen and oxygen atoms in total. The molecule has 0 unspecified atom stereocenters. The Labute approximate surface area is 298 Å². The molecule has 0 aromatic carbocycles. The van der Waals surface area contributed by atoms with E-state index >= 15 is 0 Å². The zero-order chi connectivity index (χ0) is 22.9. The Morgan fingerprint density at radius 3 is 1.10 bits per heavy atom. The van der Waals surface area contributed by atoms with Gasteiger partial charge in [-0.05, 0) is 82.6 Å². The van der Waals surface area contributed by atoms with Crippen molar-refractivity contribution in [3.8, 4) is 0 Å². The van der Waals surface area contributed by atoms with Crippen molar-refractivity contribution in [3.63, 3.8) is 0 Å². The number of unbranched alkanes of at least 4 members (excludes halogenated alkanes) is 3. The van der Waals surface area contributed by atoms with Gasteiger partial charge in [0.25, 0.3) is 0 Å². The quantitative estimate of drug-likeness (QED) is 0.0778. The van der Waals surface area contributed by atoms with E-state index in [1.807, 2.05) is 0 Å². The van der Waals surface area contributed by atoms with Crippen LogP contribution >= 0.6 is 45.2 Å². The molecule has 0 atom stereocenters. The number of hydrogen-bond donors (Lipinski definition) is 1. The van der Waals surface area contributed by atoms with Gasteiger partial charge in [-0.25, -0.2) is 0 Å². The Bertz CT molecular complexity index is 392. The number of rotatable bonds is 10. The Morgan fingerprint density at radius 2 is 0.821 bits per heavy atom. The van der Waals surface area contributed by atoms with Gasteiger partial charge in [-0.2, -0.15) is 0 Å². The maximum atomic E-state index is 8.84. The van der Waals surface area contributed by atoms with Gasteiger partial charge in [-0.1, -0.05) is 117 Å². The third-order valence-electron chi connectivity index (χ3n) is 7.93. The molecule has 242 valence electrons. The maximum Gasteiger partial charge on any atom is 2.00 e. The molecule has 0 heterocycles. The molecule has 0 aromatic rings. The molecule has 0 aliphatic heterocycles.